The summed E-state index contributed by atoms with van der Waals surface area (Å²) in [5, 5.41) is 6.82. The highest BCUT2D eigenvalue weighted by molar-refractivity contribution is 5.79. The summed E-state index contributed by atoms with van der Waals surface area (Å²) in [4.78, 5) is 8.86. The van der Waals surface area contributed by atoms with Crippen LogP contribution in [-0.2, 0) is 6.54 Å². The van der Waals surface area contributed by atoms with Gasteiger partial charge in [0, 0.05) is 18.7 Å². The molecule has 1 aromatic heterocycles. The zero-order valence-electron chi connectivity index (χ0n) is 14.5. The zero-order chi connectivity index (χ0) is 16.8. The quantitative estimate of drug-likeness (QED) is 0.665. The third-order valence-corrected chi connectivity index (χ3v) is 4.46. The van der Waals surface area contributed by atoms with Crippen LogP contribution in [0.4, 0.5) is 0 Å². The Morgan fingerprint density at radius 1 is 1.21 bits per heavy atom. The number of hydrogen-bond donors (Lipinski definition) is 2. The molecule has 1 aromatic carbocycles. The minimum absolute atomic E-state index is 0.533. The van der Waals surface area contributed by atoms with Crippen LogP contribution in [0.5, 0.6) is 0 Å². The van der Waals surface area contributed by atoms with E-state index >= 15 is 0 Å². The van der Waals surface area contributed by atoms with Crippen LogP contribution in [0.25, 0.3) is 11.5 Å². The van der Waals surface area contributed by atoms with Gasteiger partial charge in [-0.2, -0.15) is 0 Å². The maximum atomic E-state index is 5.60. The molecular formula is C19H26N4O. The minimum atomic E-state index is 0.533. The van der Waals surface area contributed by atoms with Gasteiger partial charge in [0.15, 0.2) is 5.96 Å². The van der Waals surface area contributed by atoms with Gasteiger partial charge in [0.1, 0.15) is 6.26 Å². The second-order valence-electron chi connectivity index (χ2n) is 6.42. The smallest absolute Gasteiger partial charge is 0.226 e. The van der Waals surface area contributed by atoms with Gasteiger partial charge in [-0.1, -0.05) is 37.0 Å². The fraction of sp³-hybridized carbons (Fsp3) is 0.474. The first kappa shape index (κ1) is 16.6. The topological polar surface area (TPSA) is 62.5 Å². The van der Waals surface area contributed by atoms with Crippen LogP contribution in [0, 0.1) is 6.92 Å². The Hall–Kier alpha value is -2.30. The first-order chi connectivity index (χ1) is 11.7. The number of aryl methyl sites for hydroxylation is 1. The average molecular weight is 326 g/mol. The first-order valence-electron chi connectivity index (χ1n) is 8.73. The Kier molecular flexibility index (Phi) is 5.51. The molecule has 2 aromatic rings. The summed E-state index contributed by atoms with van der Waals surface area (Å²) in [7, 11) is 1.80. The maximum Gasteiger partial charge on any atom is 0.226 e. The lowest BCUT2D eigenvalue weighted by Crippen LogP contribution is -2.43. The number of guanidine groups is 1. The van der Waals surface area contributed by atoms with E-state index in [1.54, 1.807) is 13.3 Å². The van der Waals surface area contributed by atoms with Gasteiger partial charge in [0.25, 0.3) is 0 Å². The van der Waals surface area contributed by atoms with Crippen molar-refractivity contribution in [2.45, 2.75) is 51.6 Å². The van der Waals surface area contributed by atoms with Crippen molar-refractivity contribution in [3.8, 4) is 11.5 Å². The summed E-state index contributed by atoms with van der Waals surface area (Å²) in [6, 6.07) is 8.72. The molecule has 0 aliphatic heterocycles. The molecule has 1 fully saturated rings. The van der Waals surface area contributed by atoms with E-state index < -0.39 is 0 Å². The highest BCUT2D eigenvalue weighted by Crippen LogP contribution is 2.19. The summed E-state index contributed by atoms with van der Waals surface area (Å²) in [6.45, 7) is 2.67. The van der Waals surface area contributed by atoms with Crippen LogP contribution in [0.2, 0.25) is 0 Å². The third-order valence-electron chi connectivity index (χ3n) is 4.46. The van der Waals surface area contributed by atoms with Crippen molar-refractivity contribution in [3.63, 3.8) is 0 Å². The Bertz CT molecular complexity index is 669. The fourth-order valence-corrected chi connectivity index (χ4v) is 3.03. The molecule has 2 N–H and O–H groups in total. The van der Waals surface area contributed by atoms with Gasteiger partial charge in [-0.05, 0) is 31.9 Å². The summed E-state index contributed by atoms with van der Waals surface area (Å²) in [6.07, 6.45) is 8.11. The Morgan fingerprint density at radius 2 is 1.96 bits per heavy atom. The van der Waals surface area contributed by atoms with E-state index in [2.05, 4.69) is 39.7 Å². The number of benzene rings is 1. The molecule has 1 heterocycles. The number of nitrogens with one attached hydrogen (secondary N) is 2. The second-order valence-corrected chi connectivity index (χ2v) is 6.42. The summed E-state index contributed by atoms with van der Waals surface area (Å²) in [5.41, 5.74) is 3.10. The predicted octanol–water partition coefficient (Wildman–Crippen LogP) is 3.65. The average Bonchev–Trinajstić information content (AvgIpc) is 3.09. The molecule has 24 heavy (non-hydrogen) atoms. The largest absolute Gasteiger partial charge is 0.444 e. The van der Waals surface area contributed by atoms with Crippen molar-refractivity contribution >= 4 is 5.96 Å². The van der Waals surface area contributed by atoms with Crippen LogP contribution >= 0.6 is 0 Å². The number of oxazole rings is 1. The monoisotopic (exact) mass is 326 g/mol. The van der Waals surface area contributed by atoms with Crippen LogP contribution in [0.15, 0.2) is 39.9 Å². The molecule has 0 bridgehead atoms. The van der Waals surface area contributed by atoms with Crippen LogP contribution in [0.1, 0.15) is 43.4 Å². The summed E-state index contributed by atoms with van der Waals surface area (Å²) < 4.78 is 5.60. The van der Waals surface area contributed by atoms with E-state index in [4.69, 9.17) is 4.42 Å². The summed E-state index contributed by atoms with van der Waals surface area (Å²) in [5.74, 6) is 1.49. The first-order valence-corrected chi connectivity index (χ1v) is 8.73. The van der Waals surface area contributed by atoms with E-state index in [0.29, 0.717) is 18.5 Å². The standard InChI is InChI=1S/C19H26N4O/c1-14-8-10-15(11-9-14)18-22-17(13-24-18)12-21-19(20-2)23-16-6-4-3-5-7-16/h8-11,13,16H,3-7,12H2,1-2H3,(H2,20,21,23). The van der Waals surface area contributed by atoms with Crippen molar-refractivity contribution < 1.29 is 4.42 Å². The van der Waals surface area contributed by atoms with E-state index in [9.17, 15) is 0 Å². The van der Waals surface area contributed by atoms with Crippen LogP contribution in [0.3, 0.4) is 0 Å². The van der Waals surface area contributed by atoms with Gasteiger partial charge in [-0.3, -0.25) is 4.99 Å². The van der Waals surface area contributed by atoms with Gasteiger partial charge in [0.2, 0.25) is 5.89 Å². The van der Waals surface area contributed by atoms with Gasteiger partial charge < -0.3 is 15.1 Å². The van der Waals surface area contributed by atoms with Crippen molar-refractivity contribution in [1.29, 1.82) is 0 Å². The Balaban J connectivity index is 1.55. The van der Waals surface area contributed by atoms with Gasteiger partial charge in [-0.25, -0.2) is 4.98 Å². The molecule has 1 aliphatic rings. The van der Waals surface area contributed by atoms with Crippen LogP contribution < -0.4 is 10.6 Å². The van der Waals surface area contributed by atoms with Crippen LogP contribution in [-0.4, -0.2) is 24.0 Å². The van der Waals surface area contributed by atoms with E-state index in [0.717, 1.165) is 17.2 Å². The molecule has 128 valence electrons. The maximum absolute atomic E-state index is 5.60. The Labute approximate surface area is 143 Å². The second kappa shape index (κ2) is 7.99. The molecule has 0 spiro atoms. The minimum Gasteiger partial charge on any atom is -0.444 e. The van der Waals surface area contributed by atoms with E-state index in [1.165, 1.54) is 37.7 Å². The molecular weight excluding hydrogens is 300 g/mol. The predicted molar refractivity (Wildman–Crippen MR) is 96.9 cm³/mol. The number of rotatable bonds is 4. The van der Waals surface area contributed by atoms with Crippen molar-refractivity contribution in [2.24, 2.45) is 4.99 Å². The molecule has 0 radical (unpaired) electrons. The van der Waals surface area contributed by atoms with E-state index in [-0.39, 0.29) is 0 Å². The van der Waals surface area contributed by atoms with Gasteiger partial charge in [-0.15, -0.1) is 0 Å². The normalized spacial score (nSPS) is 16.2. The van der Waals surface area contributed by atoms with Crippen molar-refractivity contribution in [1.82, 2.24) is 15.6 Å². The molecule has 5 nitrogen and oxygen atoms in total. The van der Waals surface area contributed by atoms with Gasteiger partial charge in [0.05, 0.1) is 12.2 Å². The third kappa shape index (κ3) is 4.37. The molecule has 1 saturated carbocycles. The fourth-order valence-electron chi connectivity index (χ4n) is 3.03. The lowest BCUT2D eigenvalue weighted by Gasteiger charge is -2.24. The number of hydrogen-bond acceptors (Lipinski definition) is 3. The number of aromatic nitrogens is 1. The lowest BCUT2D eigenvalue weighted by atomic mass is 9.96. The lowest BCUT2D eigenvalue weighted by molar-refractivity contribution is 0.410. The zero-order valence-corrected chi connectivity index (χ0v) is 14.5. The molecule has 5 heteroatoms. The molecule has 0 atom stereocenters. The highest BCUT2D eigenvalue weighted by Gasteiger charge is 2.14. The molecule has 1 aliphatic carbocycles. The molecule has 0 amide bonds. The number of nitrogens with zero attached hydrogens (tertiary/aromatic N) is 2. The van der Waals surface area contributed by atoms with Gasteiger partial charge >= 0.3 is 0 Å². The summed E-state index contributed by atoms with van der Waals surface area (Å²) >= 11 is 0. The molecule has 0 saturated heterocycles. The number of aliphatic imine (C=N–C) groups is 1. The molecule has 3 rings (SSSR count). The molecule has 0 unspecified atom stereocenters. The SMILES string of the molecule is CN=C(NCc1coc(-c2ccc(C)cc2)n1)NC1CCCCC1. The van der Waals surface area contributed by atoms with Crippen molar-refractivity contribution in [2.75, 3.05) is 7.05 Å². The Morgan fingerprint density at radius 3 is 2.67 bits per heavy atom. The van der Waals surface area contributed by atoms with Crippen molar-refractivity contribution in [3.05, 3.63) is 41.8 Å². The highest BCUT2D eigenvalue weighted by atomic mass is 16.3. The van der Waals surface area contributed by atoms with E-state index in [1.807, 2.05) is 12.1 Å².